The van der Waals surface area contributed by atoms with E-state index in [0.29, 0.717) is 5.92 Å². The highest BCUT2D eigenvalue weighted by atomic mass is 32.2. The van der Waals surface area contributed by atoms with Crippen molar-refractivity contribution in [1.29, 1.82) is 0 Å². The third kappa shape index (κ3) is 4.96. The minimum atomic E-state index is -3.03. The molecule has 0 radical (unpaired) electrons. The Hall–Kier alpha value is -0.870. The lowest BCUT2D eigenvalue weighted by molar-refractivity contribution is 0.489. The van der Waals surface area contributed by atoms with Gasteiger partial charge in [0, 0.05) is 6.04 Å². The molecular weight excluding hydrogens is 258 g/mol. The highest BCUT2D eigenvalue weighted by Gasteiger charge is 2.33. The Morgan fingerprint density at radius 3 is 2.53 bits per heavy atom. The zero-order valence-corrected chi connectivity index (χ0v) is 12.3. The third-order valence-corrected chi connectivity index (χ3v) is 5.15. The SMILES string of the molecule is CCCNC(CS(=O)(=O)Cc1ccccc1)C1CC1. The first-order chi connectivity index (χ1) is 9.11. The van der Waals surface area contributed by atoms with Gasteiger partial charge in [-0.3, -0.25) is 0 Å². The Labute approximate surface area is 116 Å². The van der Waals surface area contributed by atoms with Gasteiger partial charge < -0.3 is 5.32 Å². The van der Waals surface area contributed by atoms with Gasteiger partial charge in [0.2, 0.25) is 0 Å². The second-order valence-electron chi connectivity index (χ2n) is 5.44. The van der Waals surface area contributed by atoms with Gasteiger partial charge in [0.05, 0.1) is 11.5 Å². The number of hydrogen-bond donors (Lipinski definition) is 1. The van der Waals surface area contributed by atoms with Crippen LogP contribution in [0.1, 0.15) is 31.7 Å². The molecule has 0 saturated heterocycles. The summed E-state index contributed by atoms with van der Waals surface area (Å²) < 4.78 is 24.5. The minimum absolute atomic E-state index is 0.147. The van der Waals surface area contributed by atoms with Gasteiger partial charge in [-0.2, -0.15) is 0 Å². The Morgan fingerprint density at radius 1 is 1.26 bits per heavy atom. The maximum Gasteiger partial charge on any atom is 0.155 e. The van der Waals surface area contributed by atoms with Crippen molar-refractivity contribution >= 4 is 9.84 Å². The minimum Gasteiger partial charge on any atom is -0.313 e. The average Bonchev–Trinajstić information content (AvgIpc) is 3.19. The molecule has 4 heteroatoms. The molecule has 1 aliphatic rings. The van der Waals surface area contributed by atoms with E-state index in [9.17, 15) is 8.42 Å². The summed E-state index contributed by atoms with van der Waals surface area (Å²) >= 11 is 0. The maximum atomic E-state index is 12.3. The first-order valence-electron chi connectivity index (χ1n) is 7.08. The van der Waals surface area contributed by atoms with E-state index >= 15 is 0 Å². The zero-order chi connectivity index (χ0) is 13.7. The van der Waals surface area contributed by atoms with Crippen molar-refractivity contribution in [3.8, 4) is 0 Å². The third-order valence-electron chi connectivity index (χ3n) is 3.51. The van der Waals surface area contributed by atoms with Crippen LogP contribution < -0.4 is 5.32 Å². The number of hydrogen-bond acceptors (Lipinski definition) is 3. The molecule has 1 aromatic rings. The molecule has 1 fully saturated rings. The highest BCUT2D eigenvalue weighted by Crippen LogP contribution is 2.33. The number of benzene rings is 1. The van der Waals surface area contributed by atoms with E-state index in [1.165, 1.54) is 12.8 Å². The number of rotatable bonds is 8. The summed E-state index contributed by atoms with van der Waals surface area (Å²) in [7, 11) is -3.03. The van der Waals surface area contributed by atoms with Gasteiger partial charge in [-0.15, -0.1) is 0 Å². The molecule has 1 atom stereocenters. The standard InChI is InChI=1S/C15H23NO2S/c1-2-10-16-15(14-8-9-14)12-19(17,18)11-13-6-4-3-5-7-13/h3-7,14-16H,2,8-12H2,1H3. The van der Waals surface area contributed by atoms with Crippen LogP contribution >= 0.6 is 0 Å². The smallest absolute Gasteiger partial charge is 0.155 e. The van der Waals surface area contributed by atoms with Crippen molar-refractivity contribution in [2.45, 2.75) is 38.0 Å². The summed E-state index contributed by atoms with van der Waals surface area (Å²) in [6.07, 6.45) is 3.38. The fraction of sp³-hybridized carbons (Fsp3) is 0.600. The van der Waals surface area contributed by atoms with Crippen LogP contribution in [-0.4, -0.2) is 26.8 Å². The second kappa shape index (κ2) is 6.53. The van der Waals surface area contributed by atoms with Crippen molar-refractivity contribution < 1.29 is 8.42 Å². The fourth-order valence-electron chi connectivity index (χ4n) is 2.35. The zero-order valence-electron chi connectivity index (χ0n) is 11.5. The number of nitrogens with one attached hydrogen (secondary N) is 1. The molecule has 1 saturated carbocycles. The lowest BCUT2D eigenvalue weighted by Crippen LogP contribution is -2.38. The Bertz CT molecular complexity index is 480. The molecule has 0 amide bonds. The Kier molecular flexibility index (Phi) is 4.99. The Balaban J connectivity index is 1.95. The van der Waals surface area contributed by atoms with E-state index in [4.69, 9.17) is 0 Å². The van der Waals surface area contributed by atoms with E-state index in [1.807, 2.05) is 30.3 Å². The van der Waals surface area contributed by atoms with Crippen LogP contribution in [-0.2, 0) is 15.6 Å². The molecule has 3 nitrogen and oxygen atoms in total. The lowest BCUT2D eigenvalue weighted by atomic mass is 10.2. The van der Waals surface area contributed by atoms with Crippen LogP contribution in [0.15, 0.2) is 30.3 Å². The highest BCUT2D eigenvalue weighted by molar-refractivity contribution is 7.90. The molecule has 19 heavy (non-hydrogen) atoms. The predicted octanol–water partition coefficient (Wildman–Crippen LogP) is 2.38. The second-order valence-corrected chi connectivity index (χ2v) is 7.55. The van der Waals surface area contributed by atoms with Gasteiger partial charge in [-0.1, -0.05) is 37.3 Å². The summed E-state index contributed by atoms with van der Waals surface area (Å²) in [4.78, 5) is 0. The van der Waals surface area contributed by atoms with Gasteiger partial charge in [0.1, 0.15) is 0 Å². The van der Waals surface area contributed by atoms with Crippen molar-refractivity contribution in [2.75, 3.05) is 12.3 Å². The summed E-state index contributed by atoms with van der Waals surface area (Å²) in [5, 5.41) is 3.39. The summed E-state index contributed by atoms with van der Waals surface area (Å²) in [5.41, 5.74) is 0.882. The summed E-state index contributed by atoms with van der Waals surface area (Å²) in [6, 6.07) is 9.59. The number of sulfone groups is 1. The van der Waals surface area contributed by atoms with Gasteiger partial charge in [0.25, 0.3) is 0 Å². The van der Waals surface area contributed by atoms with Gasteiger partial charge in [-0.25, -0.2) is 8.42 Å². The molecule has 1 aliphatic carbocycles. The van der Waals surface area contributed by atoms with Gasteiger partial charge in [-0.05, 0) is 37.3 Å². The van der Waals surface area contributed by atoms with Crippen LogP contribution in [0.3, 0.4) is 0 Å². The molecule has 0 heterocycles. The molecule has 0 aromatic heterocycles. The maximum absolute atomic E-state index is 12.3. The van der Waals surface area contributed by atoms with Crippen LogP contribution in [0.2, 0.25) is 0 Å². The molecule has 1 aromatic carbocycles. The molecule has 0 spiro atoms. The summed E-state index contributed by atoms with van der Waals surface area (Å²) in [6.45, 7) is 3.01. The first-order valence-corrected chi connectivity index (χ1v) is 8.90. The fourth-order valence-corrected chi connectivity index (χ4v) is 4.11. The topological polar surface area (TPSA) is 46.2 Å². The molecule has 1 N–H and O–H groups in total. The van der Waals surface area contributed by atoms with Crippen LogP contribution in [0, 0.1) is 5.92 Å². The molecule has 106 valence electrons. The van der Waals surface area contributed by atoms with Gasteiger partial charge in [0.15, 0.2) is 9.84 Å². The quantitative estimate of drug-likeness (QED) is 0.796. The van der Waals surface area contributed by atoms with E-state index in [-0.39, 0.29) is 17.5 Å². The van der Waals surface area contributed by atoms with Crippen LogP contribution in [0.5, 0.6) is 0 Å². The summed E-state index contributed by atoms with van der Waals surface area (Å²) in [5.74, 6) is 0.995. The van der Waals surface area contributed by atoms with E-state index < -0.39 is 9.84 Å². The first kappa shape index (κ1) is 14.5. The molecule has 0 bridgehead atoms. The molecule has 1 unspecified atom stereocenters. The molecule has 2 rings (SSSR count). The monoisotopic (exact) mass is 281 g/mol. The van der Waals surface area contributed by atoms with Crippen LogP contribution in [0.4, 0.5) is 0 Å². The van der Waals surface area contributed by atoms with Crippen molar-refractivity contribution in [3.05, 3.63) is 35.9 Å². The average molecular weight is 281 g/mol. The van der Waals surface area contributed by atoms with Gasteiger partial charge >= 0.3 is 0 Å². The largest absolute Gasteiger partial charge is 0.313 e. The van der Waals surface area contributed by atoms with E-state index in [1.54, 1.807) is 0 Å². The van der Waals surface area contributed by atoms with Crippen molar-refractivity contribution in [1.82, 2.24) is 5.32 Å². The van der Waals surface area contributed by atoms with E-state index in [0.717, 1.165) is 18.5 Å². The normalized spacial score (nSPS) is 17.3. The lowest BCUT2D eigenvalue weighted by Gasteiger charge is -2.18. The molecular formula is C15H23NO2S. The van der Waals surface area contributed by atoms with Crippen molar-refractivity contribution in [3.63, 3.8) is 0 Å². The van der Waals surface area contributed by atoms with E-state index in [2.05, 4.69) is 12.2 Å². The van der Waals surface area contributed by atoms with Crippen LogP contribution in [0.25, 0.3) is 0 Å². The Morgan fingerprint density at radius 2 is 1.95 bits per heavy atom. The molecule has 0 aliphatic heterocycles. The predicted molar refractivity (Wildman–Crippen MR) is 78.7 cm³/mol. The van der Waals surface area contributed by atoms with Crippen molar-refractivity contribution in [2.24, 2.45) is 5.92 Å².